The van der Waals surface area contributed by atoms with Gasteiger partial charge in [0.1, 0.15) is 5.69 Å². The number of fused-ring (bicyclic) bond motifs is 2. The van der Waals surface area contributed by atoms with Crippen molar-refractivity contribution in [3.8, 4) is 11.3 Å². The minimum Gasteiger partial charge on any atom is -0.382 e. The van der Waals surface area contributed by atoms with Crippen molar-refractivity contribution in [2.75, 3.05) is 23.3 Å². The molecule has 3 aromatic carbocycles. The van der Waals surface area contributed by atoms with Gasteiger partial charge in [-0.1, -0.05) is 24.3 Å². The second-order valence-corrected chi connectivity index (χ2v) is 9.60. The Morgan fingerprint density at radius 1 is 1.03 bits per heavy atom. The fraction of sp³-hybridized carbons (Fsp3) is 0.250. The van der Waals surface area contributed by atoms with Crippen molar-refractivity contribution in [3.05, 3.63) is 72.3 Å². The zero-order chi connectivity index (χ0) is 26.4. The van der Waals surface area contributed by atoms with Crippen molar-refractivity contribution in [1.82, 2.24) is 19.3 Å². The fourth-order valence-electron chi connectivity index (χ4n) is 5.29. The first-order valence-corrected chi connectivity index (χ1v) is 12.5. The molecule has 38 heavy (non-hydrogen) atoms. The van der Waals surface area contributed by atoms with E-state index in [-0.39, 0.29) is 6.04 Å². The summed E-state index contributed by atoms with van der Waals surface area (Å²) in [5, 5.41) is 9.27. The second kappa shape index (κ2) is 9.44. The van der Waals surface area contributed by atoms with Gasteiger partial charge in [0.05, 0.1) is 16.6 Å². The highest BCUT2D eigenvalue weighted by Crippen LogP contribution is 2.32. The summed E-state index contributed by atoms with van der Waals surface area (Å²) in [5.41, 5.74) is 10.5. The number of imidazole rings is 1. The van der Waals surface area contributed by atoms with E-state index in [1.807, 2.05) is 40.9 Å². The quantitative estimate of drug-likeness (QED) is 0.326. The van der Waals surface area contributed by atoms with Crippen LogP contribution >= 0.6 is 0 Å². The Bertz CT molecular complexity index is 1650. The van der Waals surface area contributed by atoms with E-state index >= 15 is 0 Å². The molecular formula is C28H27F2N7O. The van der Waals surface area contributed by atoms with Crippen LogP contribution in [0.3, 0.4) is 0 Å². The molecule has 0 saturated carbocycles. The molecule has 3 heterocycles. The van der Waals surface area contributed by atoms with Crippen LogP contribution in [0.4, 0.5) is 20.4 Å². The molecule has 194 valence electrons. The summed E-state index contributed by atoms with van der Waals surface area (Å²) in [6.45, 7) is -1.40. The molecule has 1 amide bonds. The summed E-state index contributed by atoms with van der Waals surface area (Å²) >= 11 is 0. The Morgan fingerprint density at radius 3 is 2.58 bits per heavy atom. The number of para-hydroxylation sites is 2. The lowest BCUT2D eigenvalue weighted by Gasteiger charge is -2.33. The van der Waals surface area contributed by atoms with E-state index in [2.05, 4.69) is 16.4 Å². The number of amides is 1. The van der Waals surface area contributed by atoms with Crippen LogP contribution in [0, 0.1) is 0 Å². The van der Waals surface area contributed by atoms with Crippen LogP contribution in [0.1, 0.15) is 29.7 Å². The number of primary amides is 1. The standard InChI is InChI=1S/C28H27F2N7O/c1-35-24-16-20(9-10-21(24)25(34-35)17-5-4-6-18(15-17)26(31)38)32-19-11-13-36(14-12-19)28-33-22-7-2-3-8-23(22)37(28)27(29)30/h2-10,15-16,19,27,32H,11-14H2,1H3,(H2,31,38). The summed E-state index contributed by atoms with van der Waals surface area (Å²) in [4.78, 5) is 18.1. The number of halogens is 2. The monoisotopic (exact) mass is 515 g/mol. The van der Waals surface area contributed by atoms with Crippen molar-refractivity contribution < 1.29 is 13.6 Å². The molecule has 1 aliphatic heterocycles. The number of hydrogen-bond donors (Lipinski definition) is 2. The van der Waals surface area contributed by atoms with Crippen LogP contribution < -0.4 is 16.0 Å². The van der Waals surface area contributed by atoms with Gasteiger partial charge < -0.3 is 16.0 Å². The van der Waals surface area contributed by atoms with E-state index in [1.54, 1.807) is 36.4 Å². The Morgan fingerprint density at radius 2 is 1.82 bits per heavy atom. The van der Waals surface area contributed by atoms with Gasteiger partial charge >= 0.3 is 6.55 Å². The van der Waals surface area contributed by atoms with Crippen LogP contribution in [0.25, 0.3) is 33.2 Å². The van der Waals surface area contributed by atoms with Gasteiger partial charge in [-0.3, -0.25) is 14.0 Å². The minimum atomic E-state index is -2.65. The third-order valence-corrected chi connectivity index (χ3v) is 7.19. The third-order valence-electron chi connectivity index (χ3n) is 7.19. The topological polar surface area (TPSA) is 94.0 Å². The first-order chi connectivity index (χ1) is 18.4. The first-order valence-electron chi connectivity index (χ1n) is 12.5. The van der Waals surface area contributed by atoms with Crippen LogP contribution in [0.15, 0.2) is 66.7 Å². The molecule has 3 N–H and O–H groups in total. The van der Waals surface area contributed by atoms with Gasteiger partial charge in [0.25, 0.3) is 0 Å². The van der Waals surface area contributed by atoms with E-state index in [1.165, 1.54) is 0 Å². The van der Waals surface area contributed by atoms with Gasteiger partial charge in [0.2, 0.25) is 11.9 Å². The molecule has 5 aromatic rings. The molecule has 0 aliphatic carbocycles. The summed E-state index contributed by atoms with van der Waals surface area (Å²) < 4.78 is 30.6. The lowest BCUT2D eigenvalue weighted by atomic mass is 10.0. The highest BCUT2D eigenvalue weighted by Gasteiger charge is 2.26. The molecule has 10 heteroatoms. The predicted octanol–water partition coefficient (Wildman–Crippen LogP) is 5.16. The Hall–Kier alpha value is -4.47. The molecule has 0 radical (unpaired) electrons. The normalized spacial score (nSPS) is 14.6. The lowest BCUT2D eigenvalue weighted by Crippen LogP contribution is -2.40. The molecule has 8 nitrogen and oxygen atoms in total. The van der Waals surface area contributed by atoms with Crippen molar-refractivity contribution in [1.29, 1.82) is 0 Å². The van der Waals surface area contributed by atoms with Gasteiger partial charge in [0.15, 0.2) is 0 Å². The molecule has 0 unspecified atom stereocenters. The van der Waals surface area contributed by atoms with E-state index in [0.717, 1.165) is 45.3 Å². The van der Waals surface area contributed by atoms with Gasteiger partial charge in [0, 0.05) is 48.4 Å². The number of rotatable bonds is 6. The van der Waals surface area contributed by atoms with Gasteiger partial charge in [-0.05, 0) is 55.3 Å². The summed E-state index contributed by atoms with van der Waals surface area (Å²) in [6.07, 6.45) is 1.59. The number of piperidine rings is 1. The molecular weight excluding hydrogens is 488 g/mol. The van der Waals surface area contributed by atoms with E-state index < -0.39 is 12.5 Å². The molecule has 1 fully saturated rings. The number of anilines is 2. The number of benzene rings is 3. The summed E-state index contributed by atoms with van der Waals surface area (Å²) in [7, 11) is 1.89. The van der Waals surface area contributed by atoms with E-state index in [0.29, 0.717) is 35.6 Å². The number of carbonyl (C=O) groups excluding carboxylic acids is 1. The maximum absolute atomic E-state index is 13.9. The molecule has 0 atom stereocenters. The van der Waals surface area contributed by atoms with Crippen LogP contribution in [-0.2, 0) is 7.05 Å². The predicted molar refractivity (Wildman–Crippen MR) is 145 cm³/mol. The van der Waals surface area contributed by atoms with Crippen molar-refractivity contribution in [2.45, 2.75) is 25.4 Å². The number of carbonyl (C=O) groups is 1. The smallest absolute Gasteiger partial charge is 0.321 e. The number of nitrogens with zero attached hydrogens (tertiary/aromatic N) is 5. The van der Waals surface area contributed by atoms with Crippen molar-refractivity contribution in [3.63, 3.8) is 0 Å². The number of aromatic nitrogens is 4. The number of hydrogen-bond acceptors (Lipinski definition) is 5. The van der Waals surface area contributed by atoms with Gasteiger partial charge in [-0.25, -0.2) is 4.98 Å². The number of nitrogens with two attached hydrogens (primary N) is 1. The molecule has 6 rings (SSSR count). The molecule has 1 aliphatic rings. The number of aryl methyl sites for hydroxylation is 1. The maximum atomic E-state index is 13.9. The fourth-order valence-corrected chi connectivity index (χ4v) is 5.29. The number of nitrogens with one attached hydrogen (secondary N) is 1. The summed E-state index contributed by atoms with van der Waals surface area (Å²) in [5.74, 6) is -0.153. The average molecular weight is 516 g/mol. The third kappa shape index (κ3) is 4.21. The van der Waals surface area contributed by atoms with Crippen LogP contribution in [0.2, 0.25) is 0 Å². The Balaban J connectivity index is 1.19. The zero-order valence-electron chi connectivity index (χ0n) is 20.8. The Kier molecular flexibility index (Phi) is 5.94. The minimum absolute atomic E-state index is 0.202. The highest BCUT2D eigenvalue weighted by atomic mass is 19.3. The average Bonchev–Trinajstić information content (AvgIpc) is 3.47. The second-order valence-electron chi connectivity index (χ2n) is 9.60. The molecule has 1 saturated heterocycles. The molecule has 0 bridgehead atoms. The highest BCUT2D eigenvalue weighted by molar-refractivity contribution is 5.98. The number of alkyl halides is 2. The first kappa shape index (κ1) is 23.9. The maximum Gasteiger partial charge on any atom is 0.321 e. The van der Waals surface area contributed by atoms with Gasteiger partial charge in [-0.2, -0.15) is 13.9 Å². The van der Waals surface area contributed by atoms with Crippen molar-refractivity contribution >= 4 is 39.5 Å². The zero-order valence-corrected chi connectivity index (χ0v) is 20.8. The van der Waals surface area contributed by atoms with Gasteiger partial charge in [-0.15, -0.1) is 0 Å². The molecule has 2 aromatic heterocycles. The van der Waals surface area contributed by atoms with Crippen LogP contribution in [-0.4, -0.2) is 44.4 Å². The summed E-state index contributed by atoms with van der Waals surface area (Å²) in [6, 6.07) is 20.5. The lowest BCUT2D eigenvalue weighted by molar-refractivity contribution is 0.0757. The Labute approximate surface area is 217 Å². The molecule has 0 spiro atoms. The van der Waals surface area contributed by atoms with Crippen LogP contribution in [0.5, 0.6) is 0 Å². The largest absolute Gasteiger partial charge is 0.382 e. The van der Waals surface area contributed by atoms with E-state index in [9.17, 15) is 13.6 Å². The van der Waals surface area contributed by atoms with E-state index in [4.69, 9.17) is 10.8 Å². The SMILES string of the molecule is Cn1nc(-c2cccc(C(N)=O)c2)c2ccc(NC3CCN(c4nc5ccccc5n4C(F)F)CC3)cc21. The van der Waals surface area contributed by atoms with Crippen molar-refractivity contribution in [2.24, 2.45) is 12.8 Å².